The first-order chi connectivity index (χ1) is 14.2. The van der Waals surface area contributed by atoms with Gasteiger partial charge in [0.25, 0.3) is 0 Å². The van der Waals surface area contributed by atoms with Crippen molar-refractivity contribution in [3.8, 4) is 12.1 Å². The summed E-state index contributed by atoms with van der Waals surface area (Å²) in [5, 5.41) is 24.8. The van der Waals surface area contributed by atoms with E-state index in [0.717, 1.165) is 19.3 Å². The molecule has 2 atom stereocenters. The molecule has 1 saturated heterocycles. The highest BCUT2D eigenvalue weighted by Crippen LogP contribution is 2.70. The zero-order chi connectivity index (χ0) is 23.0. The van der Waals surface area contributed by atoms with E-state index < -0.39 is 10.8 Å². The van der Waals surface area contributed by atoms with Gasteiger partial charge < -0.3 is 10.6 Å². The number of carbonyl (C=O) groups excluding carboxylic acids is 1. The van der Waals surface area contributed by atoms with Gasteiger partial charge in [-0.1, -0.05) is 20.8 Å². The SMILES string of the molecule is CC1(C)CC(NC(=O)[C@]23CC[C@](C)(c4nc(C#N)c(C#N)nc42)C3(C)C)CC(C)(C)[NH2+]1. The van der Waals surface area contributed by atoms with Crippen molar-refractivity contribution >= 4 is 5.91 Å². The van der Waals surface area contributed by atoms with Crippen molar-refractivity contribution in [1.29, 1.82) is 10.5 Å². The van der Waals surface area contributed by atoms with Gasteiger partial charge >= 0.3 is 0 Å². The Hall–Kier alpha value is -2.51. The van der Waals surface area contributed by atoms with Crippen LogP contribution in [-0.2, 0) is 15.6 Å². The Labute approximate surface area is 184 Å². The average Bonchev–Trinajstić information content (AvgIpc) is 2.93. The van der Waals surface area contributed by atoms with Gasteiger partial charge in [0.15, 0.2) is 11.4 Å². The van der Waals surface area contributed by atoms with E-state index in [9.17, 15) is 15.3 Å². The Kier molecular flexibility index (Phi) is 4.39. The fourth-order valence-corrected chi connectivity index (χ4v) is 7.07. The number of nitrogens with two attached hydrogens (primary N) is 1. The van der Waals surface area contributed by atoms with Gasteiger partial charge in [-0.25, -0.2) is 9.97 Å². The Balaban J connectivity index is 1.79. The molecule has 7 nitrogen and oxygen atoms in total. The lowest BCUT2D eigenvalue weighted by Gasteiger charge is -2.45. The van der Waals surface area contributed by atoms with E-state index >= 15 is 0 Å². The second kappa shape index (κ2) is 6.26. The number of amides is 1. The van der Waals surface area contributed by atoms with E-state index in [1.54, 1.807) is 0 Å². The highest BCUT2D eigenvalue weighted by molar-refractivity contribution is 5.92. The summed E-state index contributed by atoms with van der Waals surface area (Å²) in [4.78, 5) is 23.2. The van der Waals surface area contributed by atoms with E-state index in [0.29, 0.717) is 17.8 Å². The molecule has 2 aliphatic carbocycles. The first-order valence-electron chi connectivity index (χ1n) is 11.1. The Morgan fingerprint density at radius 3 is 1.97 bits per heavy atom. The number of nitrogens with zero attached hydrogens (tertiary/aromatic N) is 4. The maximum Gasteiger partial charge on any atom is 0.233 e. The average molecular weight is 422 g/mol. The molecule has 7 heteroatoms. The van der Waals surface area contributed by atoms with Gasteiger partial charge in [-0.15, -0.1) is 0 Å². The molecule has 2 fully saturated rings. The molecule has 31 heavy (non-hydrogen) atoms. The van der Waals surface area contributed by atoms with Crippen LogP contribution in [0.15, 0.2) is 0 Å². The minimum Gasteiger partial charge on any atom is -0.352 e. The molecule has 2 heterocycles. The highest BCUT2D eigenvalue weighted by Gasteiger charge is 2.73. The molecule has 2 bridgehead atoms. The van der Waals surface area contributed by atoms with E-state index in [1.807, 2.05) is 12.1 Å². The summed E-state index contributed by atoms with van der Waals surface area (Å²) in [5.74, 6) is -0.0126. The minimum absolute atomic E-state index is 0.00917. The summed E-state index contributed by atoms with van der Waals surface area (Å²) in [6.45, 7) is 15.2. The van der Waals surface area contributed by atoms with Crippen LogP contribution in [-0.4, -0.2) is 33.0 Å². The van der Waals surface area contributed by atoms with Crippen LogP contribution in [0.25, 0.3) is 0 Å². The molecule has 4 rings (SSSR count). The normalized spacial score (nSPS) is 32.0. The molecule has 1 aromatic heterocycles. The number of piperidine rings is 1. The molecule has 1 amide bonds. The number of aromatic nitrogens is 2. The Bertz CT molecular complexity index is 1040. The quantitative estimate of drug-likeness (QED) is 0.756. The zero-order valence-electron chi connectivity index (χ0n) is 19.7. The van der Waals surface area contributed by atoms with Crippen LogP contribution in [0.2, 0.25) is 0 Å². The van der Waals surface area contributed by atoms with Crippen molar-refractivity contribution in [3.63, 3.8) is 0 Å². The second-order valence-corrected chi connectivity index (χ2v) is 11.9. The predicted molar refractivity (Wildman–Crippen MR) is 115 cm³/mol. The highest BCUT2D eigenvalue weighted by atomic mass is 16.2. The maximum atomic E-state index is 14.1. The van der Waals surface area contributed by atoms with Crippen LogP contribution in [0.3, 0.4) is 0 Å². The largest absolute Gasteiger partial charge is 0.352 e. The van der Waals surface area contributed by atoms with Gasteiger partial charge in [-0.05, 0) is 46.0 Å². The van der Waals surface area contributed by atoms with Gasteiger partial charge in [0.1, 0.15) is 12.1 Å². The van der Waals surface area contributed by atoms with E-state index in [2.05, 4.69) is 69.1 Å². The first-order valence-corrected chi connectivity index (χ1v) is 11.1. The van der Waals surface area contributed by atoms with Crippen molar-refractivity contribution < 1.29 is 10.1 Å². The second-order valence-electron chi connectivity index (χ2n) is 11.9. The smallest absolute Gasteiger partial charge is 0.233 e. The summed E-state index contributed by atoms with van der Waals surface area (Å²) >= 11 is 0. The van der Waals surface area contributed by atoms with Crippen LogP contribution < -0.4 is 10.6 Å². The number of hydrogen-bond acceptors (Lipinski definition) is 5. The van der Waals surface area contributed by atoms with E-state index in [4.69, 9.17) is 0 Å². The summed E-state index contributed by atoms with van der Waals surface area (Å²) < 4.78 is 0. The number of fused-ring (bicyclic) bond motifs is 5. The molecule has 1 saturated carbocycles. The minimum atomic E-state index is -0.848. The van der Waals surface area contributed by atoms with Crippen molar-refractivity contribution in [2.75, 3.05) is 0 Å². The standard InChI is InChI=1S/C24H32N6O/c1-20(2)10-14(11-21(3,4)30-20)27-19(31)24-9-8-23(7,22(24,5)6)17-18(24)29-16(13-26)15(12-25)28-17/h14,30H,8-11H2,1-7H3,(H,27,31)/p+1/t23-,24+/m1/s1. The number of nitrogens with one attached hydrogen (secondary N) is 1. The third-order valence-corrected chi connectivity index (χ3v) is 8.53. The molecule has 0 spiro atoms. The summed E-state index contributed by atoms with van der Waals surface area (Å²) in [6.07, 6.45) is 3.27. The van der Waals surface area contributed by atoms with Crippen molar-refractivity contribution in [3.05, 3.63) is 22.8 Å². The molecule has 1 aliphatic heterocycles. The molecule has 3 aliphatic rings. The van der Waals surface area contributed by atoms with Crippen molar-refractivity contribution in [2.24, 2.45) is 5.41 Å². The lowest BCUT2D eigenvalue weighted by molar-refractivity contribution is -0.788. The molecular weight excluding hydrogens is 388 g/mol. The molecule has 1 aromatic rings. The molecule has 0 unspecified atom stereocenters. The third kappa shape index (κ3) is 2.76. The number of carbonyl (C=O) groups is 1. The van der Waals surface area contributed by atoms with Crippen LogP contribution >= 0.6 is 0 Å². The molecule has 3 N–H and O–H groups in total. The molecule has 0 aromatic carbocycles. The summed E-state index contributed by atoms with van der Waals surface area (Å²) in [6, 6.07) is 4.08. The lowest BCUT2D eigenvalue weighted by Crippen LogP contribution is -3.06. The van der Waals surface area contributed by atoms with Gasteiger partial charge in [0.2, 0.25) is 5.91 Å². The number of nitriles is 2. The van der Waals surface area contributed by atoms with Crippen LogP contribution in [0, 0.1) is 28.1 Å². The molecular formula is C24H33N6O+. The molecule has 0 radical (unpaired) electrons. The third-order valence-electron chi connectivity index (χ3n) is 8.53. The van der Waals surface area contributed by atoms with Crippen LogP contribution in [0.1, 0.15) is 96.9 Å². The summed E-state index contributed by atoms with van der Waals surface area (Å²) in [7, 11) is 0. The van der Waals surface area contributed by atoms with Crippen molar-refractivity contribution in [1.82, 2.24) is 15.3 Å². The lowest BCUT2D eigenvalue weighted by atomic mass is 9.63. The monoisotopic (exact) mass is 421 g/mol. The van der Waals surface area contributed by atoms with Gasteiger partial charge in [-0.2, -0.15) is 10.5 Å². The zero-order valence-corrected chi connectivity index (χ0v) is 19.7. The van der Waals surface area contributed by atoms with Crippen LogP contribution in [0.5, 0.6) is 0 Å². The number of quaternary nitrogens is 1. The van der Waals surface area contributed by atoms with Gasteiger partial charge in [0, 0.05) is 24.3 Å². The summed E-state index contributed by atoms with van der Waals surface area (Å²) in [5.41, 5.74) is -0.196. The van der Waals surface area contributed by atoms with E-state index in [-0.39, 0.29) is 39.8 Å². The molecule has 164 valence electrons. The topological polar surface area (TPSA) is 119 Å². The fraction of sp³-hybridized carbons (Fsp3) is 0.708. The first kappa shape index (κ1) is 21.7. The van der Waals surface area contributed by atoms with E-state index in [1.165, 1.54) is 0 Å². The Morgan fingerprint density at radius 2 is 1.45 bits per heavy atom. The van der Waals surface area contributed by atoms with Crippen LogP contribution in [0.4, 0.5) is 0 Å². The van der Waals surface area contributed by atoms with Crippen molar-refractivity contribution in [2.45, 2.75) is 102 Å². The Morgan fingerprint density at radius 1 is 0.935 bits per heavy atom. The fourth-order valence-electron chi connectivity index (χ4n) is 7.07. The van der Waals surface area contributed by atoms with Gasteiger partial charge in [-0.3, -0.25) is 4.79 Å². The maximum absolute atomic E-state index is 14.1. The van der Waals surface area contributed by atoms with Gasteiger partial charge in [0.05, 0.1) is 27.9 Å². The number of hydrogen-bond donors (Lipinski definition) is 2. The predicted octanol–water partition coefficient (Wildman–Crippen LogP) is 1.95. The number of rotatable bonds is 2.